The molecule has 0 bridgehead atoms. The summed E-state index contributed by atoms with van der Waals surface area (Å²) in [5.41, 5.74) is 1.18. The number of nitrogens with zero attached hydrogens (tertiary/aromatic N) is 3. The maximum atomic E-state index is 4.26. The van der Waals surface area contributed by atoms with E-state index in [4.69, 9.17) is 0 Å². The lowest BCUT2D eigenvalue weighted by atomic mass is 10.0. The number of aryl methyl sites for hydroxylation is 1. The minimum Gasteiger partial charge on any atom is -0.246 e. The van der Waals surface area contributed by atoms with Crippen LogP contribution >= 0.6 is 0 Å². The Labute approximate surface area is 85.2 Å². The van der Waals surface area contributed by atoms with Gasteiger partial charge in [0.15, 0.2) is 5.82 Å². The van der Waals surface area contributed by atoms with Gasteiger partial charge in [0, 0.05) is 6.54 Å². The van der Waals surface area contributed by atoms with E-state index in [1.165, 1.54) is 5.57 Å². The summed E-state index contributed by atoms with van der Waals surface area (Å²) in [5, 5.41) is 4.15. The summed E-state index contributed by atoms with van der Waals surface area (Å²) in [4.78, 5) is 4.26. The van der Waals surface area contributed by atoms with Gasteiger partial charge in [-0.25, -0.2) is 9.67 Å². The van der Waals surface area contributed by atoms with E-state index < -0.39 is 0 Å². The lowest BCUT2D eigenvalue weighted by Crippen LogP contribution is -2.06. The van der Waals surface area contributed by atoms with Crippen LogP contribution < -0.4 is 0 Å². The minimum absolute atomic E-state index is 0.433. The van der Waals surface area contributed by atoms with E-state index in [2.05, 4.69) is 37.4 Å². The van der Waals surface area contributed by atoms with Crippen LogP contribution in [-0.4, -0.2) is 14.8 Å². The zero-order chi connectivity index (χ0) is 10.6. The van der Waals surface area contributed by atoms with Crippen molar-refractivity contribution in [2.24, 2.45) is 5.92 Å². The molecule has 0 aliphatic carbocycles. The van der Waals surface area contributed by atoms with E-state index in [-0.39, 0.29) is 0 Å². The molecular formula is C11H17N3. The minimum atomic E-state index is 0.433. The molecule has 0 saturated carbocycles. The second kappa shape index (κ2) is 4.74. The second-order valence-corrected chi connectivity index (χ2v) is 3.41. The molecule has 14 heavy (non-hydrogen) atoms. The van der Waals surface area contributed by atoms with Crippen LogP contribution in [0.25, 0.3) is 5.57 Å². The van der Waals surface area contributed by atoms with Crippen LogP contribution in [0.4, 0.5) is 0 Å². The average molecular weight is 191 g/mol. The van der Waals surface area contributed by atoms with Crippen molar-refractivity contribution in [3.8, 4) is 0 Å². The van der Waals surface area contributed by atoms with E-state index in [0.717, 1.165) is 12.4 Å². The Hall–Kier alpha value is -1.38. The summed E-state index contributed by atoms with van der Waals surface area (Å²) < 4.78 is 1.90. The first-order valence-electron chi connectivity index (χ1n) is 4.91. The van der Waals surface area contributed by atoms with Gasteiger partial charge in [-0.15, -0.1) is 0 Å². The highest BCUT2D eigenvalue weighted by Gasteiger charge is 2.11. The molecule has 3 heteroatoms. The maximum absolute atomic E-state index is 4.26. The normalized spacial score (nSPS) is 12.1. The van der Waals surface area contributed by atoms with E-state index in [9.17, 15) is 0 Å². The molecule has 0 amide bonds. The Morgan fingerprint density at radius 2 is 2.36 bits per heavy atom. The molecule has 1 heterocycles. The fourth-order valence-corrected chi connectivity index (χ4v) is 1.37. The molecule has 0 unspecified atom stereocenters. The van der Waals surface area contributed by atoms with Gasteiger partial charge in [0.2, 0.25) is 0 Å². The molecule has 0 saturated heterocycles. The van der Waals surface area contributed by atoms with Crippen LogP contribution in [0.2, 0.25) is 0 Å². The zero-order valence-corrected chi connectivity index (χ0v) is 9.07. The average Bonchev–Trinajstić information content (AvgIpc) is 2.61. The summed E-state index contributed by atoms with van der Waals surface area (Å²) in [6.07, 6.45) is 5.39. The molecule has 0 aromatic carbocycles. The molecule has 0 aliphatic rings. The molecule has 0 aliphatic heterocycles. The van der Waals surface area contributed by atoms with Gasteiger partial charge >= 0.3 is 0 Å². The molecule has 1 aromatic rings. The Morgan fingerprint density at radius 1 is 1.64 bits per heavy atom. The van der Waals surface area contributed by atoms with Crippen LogP contribution in [0.15, 0.2) is 25.1 Å². The fraction of sp³-hybridized carbons (Fsp3) is 0.455. The predicted octanol–water partition coefficient (Wildman–Crippen LogP) is 2.52. The van der Waals surface area contributed by atoms with Gasteiger partial charge in [-0.2, -0.15) is 5.10 Å². The molecule has 0 atom stereocenters. The van der Waals surface area contributed by atoms with Gasteiger partial charge < -0.3 is 0 Å². The summed E-state index contributed by atoms with van der Waals surface area (Å²) in [5.74, 6) is 1.38. The number of hydrogen-bond acceptors (Lipinski definition) is 2. The number of aromatic nitrogens is 3. The van der Waals surface area contributed by atoms with Gasteiger partial charge in [-0.1, -0.05) is 32.6 Å². The largest absolute Gasteiger partial charge is 0.246 e. The van der Waals surface area contributed by atoms with Crippen LogP contribution in [0.3, 0.4) is 0 Å². The Kier molecular flexibility index (Phi) is 3.63. The van der Waals surface area contributed by atoms with E-state index in [0.29, 0.717) is 5.92 Å². The first-order valence-corrected chi connectivity index (χ1v) is 4.91. The summed E-state index contributed by atoms with van der Waals surface area (Å²) in [6.45, 7) is 10.9. The van der Waals surface area contributed by atoms with Crippen LogP contribution in [-0.2, 0) is 6.54 Å². The quantitative estimate of drug-likeness (QED) is 0.685. The molecule has 0 N–H and O–H groups in total. The zero-order valence-electron chi connectivity index (χ0n) is 9.07. The summed E-state index contributed by atoms with van der Waals surface area (Å²) >= 11 is 0. The predicted molar refractivity (Wildman–Crippen MR) is 58.7 cm³/mol. The summed E-state index contributed by atoms with van der Waals surface area (Å²) in [7, 11) is 0. The molecule has 0 fully saturated rings. The summed E-state index contributed by atoms with van der Waals surface area (Å²) in [6, 6.07) is 0. The second-order valence-electron chi connectivity index (χ2n) is 3.41. The third-order valence-electron chi connectivity index (χ3n) is 2.09. The molecule has 76 valence electrons. The van der Waals surface area contributed by atoms with Gasteiger partial charge in [0.25, 0.3) is 0 Å². The standard InChI is InChI=1S/C11H17N3/c1-5-7-10(9(3)4)11-12-8-13-14(11)6-2/h5,7-9H,1,6H2,2-4H3/b10-7-. The maximum Gasteiger partial charge on any atom is 0.154 e. The van der Waals surface area contributed by atoms with Crippen LogP contribution in [0.1, 0.15) is 26.6 Å². The highest BCUT2D eigenvalue weighted by Crippen LogP contribution is 2.20. The van der Waals surface area contributed by atoms with Crippen molar-refractivity contribution in [1.29, 1.82) is 0 Å². The first-order chi connectivity index (χ1) is 6.70. The van der Waals surface area contributed by atoms with Gasteiger partial charge in [0.1, 0.15) is 6.33 Å². The third-order valence-corrected chi connectivity index (χ3v) is 2.09. The Balaban J connectivity index is 3.11. The van der Waals surface area contributed by atoms with Crippen molar-refractivity contribution in [3.05, 3.63) is 30.9 Å². The molecule has 0 radical (unpaired) electrons. The van der Waals surface area contributed by atoms with Crippen molar-refractivity contribution in [2.75, 3.05) is 0 Å². The molecule has 1 rings (SSSR count). The number of allylic oxidation sites excluding steroid dienone is 3. The molecular weight excluding hydrogens is 174 g/mol. The number of hydrogen-bond donors (Lipinski definition) is 0. The van der Waals surface area contributed by atoms with E-state index >= 15 is 0 Å². The molecule has 3 nitrogen and oxygen atoms in total. The van der Waals surface area contributed by atoms with E-state index in [1.54, 1.807) is 12.4 Å². The van der Waals surface area contributed by atoms with Crippen LogP contribution in [0.5, 0.6) is 0 Å². The fourth-order valence-electron chi connectivity index (χ4n) is 1.37. The van der Waals surface area contributed by atoms with Gasteiger partial charge in [0.05, 0.1) is 0 Å². The van der Waals surface area contributed by atoms with Crippen molar-refractivity contribution in [3.63, 3.8) is 0 Å². The van der Waals surface area contributed by atoms with Crippen molar-refractivity contribution in [1.82, 2.24) is 14.8 Å². The lowest BCUT2D eigenvalue weighted by Gasteiger charge is -2.10. The topological polar surface area (TPSA) is 30.7 Å². The number of rotatable bonds is 4. The van der Waals surface area contributed by atoms with Crippen LogP contribution in [0, 0.1) is 5.92 Å². The SMILES string of the molecule is C=C/C=C(\c1ncnn1CC)C(C)C. The molecule has 1 aromatic heterocycles. The van der Waals surface area contributed by atoms with Gasteiger partial charge in [-0.3, -0.25) is 0 Å². The smallest absolute Gasteiger partial charge is 0.154 e. The lowest BCUT2D eigenvalue weighted by molar-refractivity contribution is 0.640. The van der Waals surface area contributed by atoms with E-state index in [1.807, 2.05) is 10.8 Å². The van der Waals surface area contributed by atoms with Crippen molar-refractivity contribution >= 4 is 5.57 Å². The third kappa shape index (κ3) is 2.10. The Bertz CT molecular complexity index is 334. The highest BCUT2D eigenvalue weighted by molar-refractivity contribution is 5.62. The van der Waals surface area contributed by atoms with Crippen molar-refractivity contribution in [2.45, 2.75) is 27.3 Å². The van der Waals surface area contributed by atoms with Gasteiger partial charge in [-0.05, 0) is 18.4 Å². The highest BCUT2D eigenvalue weighted by atomic mass is 15.3. The molecule has 0 spiro atoms. The first kappa shape index (κ1) is 10.7. The Morgan fingerprint density at radius 3 is 2.86 bits per heavy atom. The monoisotopic (exact) mass is 191 g/mol. The van der Waals surface area contributed by atoms with Crippen molar-refractivity contribution < 1.29 is 0 Å².